The molecular weight excluding hydrogens is 386 g/mol. The zero-order chi connectivity index (χ0) is 22.3. The van der Waals surface area contributed by atoms with Crippen LogP contribution < -0.4 is 10.1 Å². The molecule has 0 spiro atoms. The lowest BCUT2D eigenvalue weighted by atomic mass is 10.1. The average Bonchev–Trinajstić information content (AvgIpc) is 2.96. The summed E-state index contributed by atoms with van der Waals surface area (Å²) in [4.78, 5) is 36.7. The second-order valence-corrected chi connectivity index (χ2v) is 7.09. The molecule has 1 aromatic carbocycles. The third-order valence-electron chi connectivity index (χ3n) is 4.64. The fourth-order valence-corrected chi connectivity index (χ4v) is 2.81. The molecule has 8 nitrogen and oxygen atoms in total. The summed E-state index contributed by atoms with van der Waals surface area (Å²) < 4.78 is 12.3. The van der Waals surface area contributed by atoms with Gasteiger partial charge in [0, 0.05) is 19.0 Å². The molecule has 162 valence electrons. The van der Waals surface area contributed by atoms with Crippen molar-refractivity contribution in [3.8, 4) is 5.75 Å². The molecule has 0 saturated heterocycles. The molecule has 1 atom stereocenters. The maximum atomic E-state index is 12.3. The van der Waals surface area contributed by atoms with E-state index in [0.29, 0.717) is 29.3 Å². The third kappa shape index (κ3) is 6.17. The molecule has 1 aromatic heterocycles. The van der Waals surface area contributed by atoms with Crippen molar-refractivity contribution in [1.82, 2.24) is 9.78 Å². The molecule has 0 fully saturated rings. The van der Waals surface area contributed by atoms with E-state index in [1.165, 1.54) is 6.92 Å². The van der Waals surface area contributed by atoms with Crippen LogP contribution in [0.25, 0.3) is 0 Å². The third-order valence-corrected chi connectivity index (χ3v) is 4.64. The molecule has 0 aliphatic rings. The number of amides is 1. The second-order valence-electron chi connectivity index (χ2n) is 7.09. The number of ketones is 1. The monoisotopic (exact) mass is 415 g/mol. The molecule has 2 aromatic rings. The molecule has 1 N–H and O–H groups in total. The van der Waals surface area contributed by atoms with E-state index in [-0.39, 0.29) is 18.6 Å². The zero-order valence-electron chi connectivity index (χ0n) is 18.2. The molecule has 0 bridgehead atoms. The van der Waals surface area contributed by atoms with Gasteiger partial charge in [-0.3, -0.25) is 19.1 Å². The van der Waals surface area contributed by atoms with Crippen LogP contribution in [0.4, 0.5) is 5.69 Å². The van der Waals surface area contributed by atoms with Crippen LogP contribution in [0.5, 0.6) is 5.75 Å². The number of aromatic nitrogens is 2. The maximum Gasteiger partial charge on any atom is 0.307 e. The largest absolute Gasteiger partial charge is 0.494 e. The topological polar surface area (TPSA) is 99.5 Å². The molecule has 1 amide bonds. The highest BCUT2D eigenvalue weighted by atomic mass is 16.5. The van der Waals surface area contributed by atoms with E-state index in [0.717, 1.165) is 12.1 Å². The van der Waals surface area contributed by atoms with Crippen molar-refractivity contribution in [2.75, 3.05) is 11.9 Å². The molecule has 0 saturated carbocycles. The van der Waals surface area contributed by atoms with Gasteiger partial charge in [0.05, 0.1) is 30.1 Å². The van der Waals surface area contributed by atoms with Crippen molar-refractivity contribution in [2.45, 2.75) is 53.1 Å². The van der Waals surface area contributed by atoms with Crippen LogP contribution in [-0.4, -0.2) is 40.2 Å². The molecule has 0 radical (unpaired) electrons. The first-order valence-electron chi connectivity index (χ1n) is 9.99. The van der Waals surface area contributed by atoms with Crippen molar-refractivity contribution in [1.29, 1.82) is 0 Å². The predicted molar refractivity (Wildman–Crippen MR) is 113 cm³/mol. The van der Waals surface area contributed by atoms with Gasteiger partial charge in [-0.05, 0) is 51.5 Å². The van der Waals surface area contributed by atoms with Gasteiger partial charge in [0.15, 0.2) is 11.9 Å². The number of rotatable bonds is 10. The number of carbonyl (C=O) groups excluding carboxylic acids is 3. The van der Waals surface area contributed by atoms with Gasteiger partial charge < -0.3 is 14.8 Å². The highest BCUT2D eigenvalue weighted by Crippen LogP contribution is 2.19. The normalized spacial score (nSPS) is 11.6. The molecule has 8 heteroatoms. The smallest absolute Gasteiger partial charge is 0.307 e. The van der Waals surface area contributed by atoms with E-state index in [2.05, 4.69) is 10.4 Å². The number of hydrogen-bond acceptors (Lipinski definition) is 6. The summed E-state index contributed by atoms with van der Waals surface area (Å²) in [6.45, 7) is 7.74. The Kier molecular flexibility index (Phi) is 8.15. The quantitative estimate of drug-likeness (QED) is 0.472. The van der Waals surface area contributed by atoms with Crippen LogP contribution in [0, 0.1) is 13.8 Å². The van der Waals surface area contributed by atoms with Crippen LogP contribution in [0.15, 0.2) is 24.3 Å². The van der Waals surface area contributed by atoms with Crippen LogP contribution >= 0.6 is 0 Å². The van der Waals surface area contributed by atoms with Gasteiger partial charge >= 0.3 is 5.97 Å². The van der Waals surface area contributed by atoms with E-state index in [4.69, 9.17) is 9.47 Å². The summed E-state index contributed by atoms with van der Waals surface area (Å²) >= 11 is 0. The van der Waals surface area contributed by atoms with E-state index in [1.807, 2.05) is 13.8 Å². The van der Waals surface area contributed by atoms with E-state index >= 15 is 0 Å². The standard InChI is InChI=1S/C22H29N3O5/c1-6-13-29-18-9-7-17(8-10-18)19(26)11-12-20(27)30-16(4)22(28)23-21-14(2)24-25(5)15(21)3/h7-10,16H,6,11-13H2,1-5H3,(H,23,28)/t16-/m0/s1. The molecule has 0 aliphatic heterocycles. The van der Waals surface area contributed by atoms with Gasteiger partial charge in [0.1, 0.15) is 5.75 Å². The number of esters is 1. The number of nitrogens with zero attached hydrogens (tertiary/aromatic N) is 2. The Morgan fingerprint density at radius 1 is 1.13 bits per heavy atom. The fraction of sp³-hybridized carbons (Fsp3) is 0.455. The van der Waals surface area contributed by atoms with Crippen LogP contribution in [-0.2, 0) is 21.4 Å². The Morgan fingerprint density at radius 3 is 2.37 bits per heavy atom. The summed E-state index contributed by atoms with van der Waals surface area (Å²) in [7, 11) is 1.78. The Bertz CT molecular complexity index is 902. The van der Waals surface area contributed by atoms with Crippen molar-refractivity contribution in [3.05, 3.63) is 41.2 Å². The molecule has 2 rings (SSSR count). The summed E-state index contributed by atoms with van der Waals surface area (Å²) in [5.74, 6) is -0.524. The molecule has 0 unspecified atom stereocenters. The average molecular weight is 415 g/mol. The first kappa shape index (κ1) is 23.1. The minimum atomic E-state index is -0.985. The van der Waals surface area contributed by atoms with Crippen molar-refractivity contribution < 1.29 is 23.9 Å². The van der Waals surface area contributed by atoms with E-state index in [1.54, 1.807) is 42.9 Å². The molecular formula is C22H29N3O5. The van der Waals surface area contributed by atoms with Gasteiger partial charge in [0.25, 0.3) is 5.91 Å². The van der Waals surface area contributed by atoms with Gasteiger partial charge in [-0.25, -0.2) is 0 Å². The van der Waals surface area contributed by atoms with Gasteiger partial charge in [-0.1, -0.05) is 6.92 Å². The number of nitrogens with one attached hydrogen (secondary N) is 1. The number of carbonyl (C=O) groups is 3. The van der Waals surface area contributed by atoms with Crippen molar-refractivity contribution >= 4 is 23.3 Å². The van der Waals surface area contributed by atoms with Gasteiger partial charge in [-0.2, -0.15) is 5.10 Å². The summed E-state index contributed by atoms with van der Waals surface area (Å²) in [6.07, 6.45) is -0.180. The summed E-state index contributed by atoms with van der Waals surface area (Å²) in [5, 5.41) is 6.97. The highest BCUT2D eigenvalue weighted by molar-refractivity contribution is 5.98. The SMILES string of the molecule is CCCOc1ccc(C(=O)CCC(=O)O[C@@H](C)C(=O)Nc2c(C)nn(C)c2C)cc1. The lowest BCUT2D eigenvalue weighted by molar-refractivity contribution is -0.153. The highest BCUT2D eigenvalue weighted by Gasteiger charge is 2.21. The molecule has 0 aliphatic carbocycles. The Hall–Kier alpha value is -3.16. The second kappa shape index (κ2) is 10.6. The van der Waals surface area contributed by atoms with Crippen LogP contribution in [0.3, 0.4) is 0 Å². The van der Waals surface area contributed by atoms with E-state index < -0.39 is 18.0 Å². The first-order chi connectivity index (χ1) is 14.2. The molecule has 30 heavy (non-hydrogen) atoms. The lowest BCUT2D eigenvalue weighted by Crippen LogP contribution is -2.30. The van der Waals surface area contributed by atoms with E-state index in [9.17, 15) is 14.4 Å². The Morgan fingerprint density at radius 2 is 1.80 bits per heavy atom. The van der Waals surface area contributed by atoms with Gasteiger partial charge in [0.2, 0.25) is 0 Å². The zero-order valence-corrected chi connectivity index (χ0v) is 18.2. The number of ether oxygens (including phenoxy) is 2. The number of benzene rings is 1. The number of aryl methyl sites for hydroxylation is 2. The van der Waals surface area contributed by atoms with Crippen molar-refractivity contribution in [2.24, 2.45) is 7.05 Å². The number of anilines is 1. The van der Waals surface area contributed by atoms with Gasteiger partial charge in [-0.15, -0.1) is 0 Å². The van der Waals surface area contributed by atoms with Crippen LogP contribution in [0.1, 0.15) is 54.9 Å². The first-order valence-corrected chi connectivity index (χ1v) is 9.99. The number of Topliss-reactive ketones (excluding diaryl/α,β-unsaturated/α-hetero) is 1. The fourth-order valence-electron chi connectivity index (χ4n) is 2.81. The minimum Gasteiger partial charge on any atom is -0.494 e. The van der Waals surface area contributed by atoms with Crippen LogP contribution in [0.2, 0.25) is 0 Å². The van der Waals surface area contributed by atoms with Crippen molar-refractivity contribution in [3.63, 3.8) is 0 Å². The Balaban J connectivity index is 1.81. The summed E-state index contributed by atoms with van der Waals surface area (Å²) in [5.41, 5.74) is 2.58. The Labute approximate surface area is 176 Å². The predicted octanol–water partition coefficient (Wildman–Crippen LogP) is 3.36. The maximum absolute atomic E-state index is 12.3. The molecule has 1 heterocycles. The lowest BCUT2D eigenvalue weighted by Gasteiger charge is -2.13. The number of hydrogen-bond donors (Lipinski definition) is 1. The minimum absolute atomic E-state index is 0.00313. The summed E-state index contributed by atoms with van der Waals surface area (Å²) in [6, 6.07) is 6.81.